The van der Waals surface area contributed by atoms with Crippen LogP contribution in [-0.4, -0.2) is 30.5 Å². The van der Waals surface area contributed by atoms with E-state index in [1.54, 1.807) is 33.8 Å². The number of amides is 1. The van der Waals surface area contributed by atoms with Crippen LogP contribution in [0.5, 0.6) is 0 Å². The lowest BCUT2D eigenvalue weighted by molar-refractivity contribution is -0.116. The number of rotatable bonds is 6. The molecule has 7 nitrogen and oxygen atoms in total. The number of aromatic nitrogens is 5. The molecule has 0 radical (unpaired) electrons. The van der Waals surface area contributed by atoms with Gasteiger partial charge in [-0.15, -0.1) is 0 Å². The van der Waals surface area contributed by atoms with E-state index in [9.17, 15) is 4.79 Å². The largest absolute Gasteiger partial charge is 0.321 e. The fourth-order valence-corrected chi connectivity index (χ4v) is 5.14. The van der Waals surface area contributed by atoms with E-state index in [-0.39, 0.29) is 12.5 Å². The van der Waals surface area contributed by atoms with Gasteiger partial charge in [-0.2, -0.15) is 10.2 Å². The highest BCUT2D eigenvalue weighted by Gasteiger charge is 2.19. The van der Waals surface area contributed by atoms with Gasteiger partial charge < -0.3 is 5.32 Å². The van der Waals surface area contributed by atoms with E-state index in [0.717, 1.165) is 33.5 Å². The molecule has 2 aromatic carbocycles. The van der Waals surface area contributed by atoms with Crippen molar-refractivity contribution in [3.63, 3.8) is 0 Å². The molecule has 1 N–H and O–H groups in total. The summed E-state index contributed by atoms with van der Waals surface area (Å²) in [5.74, 6) is -0.214. The molecule has 3 heterocycles. The number of carbonyl (C=O) groups is 1. The van der Waals surface area contributed by atoms with Crippen molar-refractivity contribution in [3.8, 4) is 11.1 Å². The third-order valence-electron chi connectivity index (χ3n) is 6.45. The Morgan fingerprint density at radius 1 is 0.919 bits per heavy atom. The monoisotopic (exact) mass is 532 g/mol. The van der Waals surface area contributed by atoms with Crippen LogP contribution in [0.15, 0.2) is 54.7 Å². The summed E-state index contributed by atoms with van der Waals surface area (Å²) in [5.41, 5.74) is 7.76. The Kier molecular flexibility index (Phi) is 6.75. The summed E-state index contributed by atoms with van der Waals surface area (Å²) in [6, 6.07) is 15.7. The minimum atomic E-state index is -0.214. The van der Waals surface area contributed by atoms with Crippen LogP contribution in [0.4, 0.5) is 5.69 Å². The van der Waals surface area contributed by atoms with Crippen molar-refractivity contribution in [2.75, 3.05) is 5.32 Å². The second kappa shape index (κ2) is 10.00. The fourth-order valence-electron chi connectivity index (χ4n) is 4.62. The van der Waals surface area contributed by atoms with Gasteiger partial charge in [0, 0.05) is 27.2 Å². The van der Waals surface area contributed by atoms with E-state index in [1.165, 1.54) is 5.56 Å². The standard InChI is InChI=1S/C28H26Cl2N6O/c1-16-7-5-8-20(13-16)21-11-12-31-28-26(21)17(2)33-36(28)15-25(37)32-27-18(3)34-35(19(27)4)14-22-23(29)9-6-10-24(22)30/h5-13H,14-15H2,1-4H3,(H,32,37). The molecule has 0 bridgehead atoms. The smallest absolute Gasteiger partial charge is 0.246 e. The number of nitrogens with one attached hydrogen (secondary N) is 1. The number of benzene rings is 2. The molecular formula is C28H26Cl2N6O. The summed E-state index contributed by atoms with van der Waals surface area (Å²) < 4.78 is 3.44. The molecule has 0 aliphatic carbocycles. The molecule has 37 heavy (non-hydrogen) atoms. The number of nitrogens with zero attached hydrogens (tertiary/aromatic N) is 5. The first-order valence-corrected chi connectivity index (χ1v) is 12.6. The maximum Gasteiger partial charge on any atom is 0.246 e. The number of anilines is 1. The first-order chi connectivity index (χ1) is 17.7. The lowest BCUT2D eigenvalue weighted by Crippen LogP contribution is -2.20. The Labute approximate surface area is 225 Å². The van der Waals surface area contributed by atoms with E-state index < -0.39 is 0 Å². The van der Waals surface area contributed by atoms with Crippen LogP contribution in [0.3, 0.4) is 0 Å². The van der Waals surface area contributed by atoms with Crippen LogP contribution >= 0.6 is 23.2 Å². The molecule has 0 unspecified atom stereocenters. The van der Waals surface area contributed by atoms with E-state index in [1.807, 2.05) is 32.9 Å². The molecule has 5 aromatic rings. The molecule has 188 valence electrons. The van der Waals surface area contributed by atoms with E-state index in [2.05, 4.69) is 45.6 Å². The second-order valence-electron chi connectivity index (χ2n) is 9.12. The van der Waals surface area contributed by atoms with Gasteiger partial charge in [0.25, 0.3) is 0 Å². The molecule has 0 aliphatic rings. The van der Waals surface area contributed by atoms with Gasteiger partial charge >= 0.3 is 0 Å². The molecule has 0 aliphatic heterocycles. The maximum atomic E-state index is 13.1. The normalized spacial score (nSPS) is 11.3. The van der Waals surface area contributed by atoms with Crippen LogP contribution in [0.2, 0.25) is 10.0 Å². The molecule has 3 aromatic heterocycles. The molecule has 0 spiro atoms. The Morgan fingerprint density at radius 2 is 1.62 bits per heavy atom. The molecule has 9 heteroatoms. The van der Waals surface area contributed by atoms with Crippen LogP contribution in [0.25, 0.3) is 22.2 Å². The molecule has 5 rings (SSSR count). The van der Waals surface area contributed by atoms with Crippen LogP contribution in [0.1, 0.15) is 28.2 Å². The SMILES string of the molecule is Cc1cccc(-c2ccnc3c2c(C)nn3CC(=O)Nc2c(C)nn(Cc3c(Cl)cccc3Cl)c2C)c1. The third kappa shape index (κ3) is 4.84. The summed E-state index contributed by atoms with van der Waals surface area (Å²) >= 11 is 12.7. The van der Waals surface area contributed by atoms with Crippen LogP contribution < -0.4 is 5.32 Å². The highest BCUT2D eigenvalue weighted by Crippen LogP contribution is 2.31. The third-order valence-corrected chi connectivity index (χ3v) is 7.15. The van der Waals surface area contributed by atoms with Crippen molar-refractivity contribution in [3.05, 3.63) is 93.0 Å². The Hall–Kier alpha value is -3.68. The quantitative estimate of drug-likeness (QED) is 0.270. The average Bonchev–Trinajstić information content (AvgIpc) is 3.31. The zero-order chi connectivity index (χ0) is 26.3. The number of pyridine rings is 1. The lowest BCUT2D eigenvalue weighted by atomic mass is 10.0. The Balaban J connectivity index is 1.40. The van der Waals surface area contributed by atoms with Gasteiger partial charge in [0.1, 0.15) is 6.54 Å². The summed E-state index contributed by atoms with van der Waals surface area (Å²) in [7, 11) is 0. The lowest BCUT2D eigenvalue weighted by Gasteiger charge is -2.10. The molecule has 0 fully saturated rings. The van der Waals surface area contributed by atoms with Crippen LogP contribution in [-0.2, 0) is 17.9 Å². The summed E-state index contributed by atoms with van der Waals surface area (Å²) in [5, 5.41) is 14.4. The molecular weight excluding hydrogens is 507 g/mol. The number of hydrogen-bond donors (Lipinski definition) is 1. The minimum absolute atomic E-state index is 0.0228. The minimum Gasteiger partial charge on any atom is -0.321 e. The number of carbonyl (C=O) groups excluding carboxylic acids is 1. The van der Waals surface area contributed by atoms with Crippen molar-refractivity contribution >= 4 is 45.8 Å². The highest BCUT2D eigenvalue weighted by molar-refractivity contribution is 6.36. The van der Waals surface area contributed by atoms with Gasteiger partial charge in [0.05, 0.1) is 29.3 Å². The van der Waals surface area contributed by atoms with Gasteiger partial charge in [0.2, 0.25) is 5.91 Å². The van der Waals surface area contributed by atoms with Gasteiger partial charge in [-0.05, 0) is 57.0 Å². The van der Waals surface area contributed by atoms with E-state index >= 15 is 0 Å². The Bertz CT molecular complexity index is 1630. The molecule has 0 saturated carbocycles. The second-order valence-corrected chi connectivity index (χ2v) is 9.94. The highest BCUT2D eigenvalue weighted by atomic mass is 35.5. The van der Waals surface area contributed by atoms with E-state index in [4.69, 9.17) is 23.2 Å². The topological polar surface area (TPSA) is 77.6 Å². The number of fused-ring (bicyclic) bond motifs is 1. The molecule has 0 saturated heterocycles. The van der Waals surface area contributed by atoms with Crippen molar-refractivity contribution in [2.24, 2.45) is 0 Å². The average molecular weight is 533 g/mol. The first kappa shape index (κ1) is 25.0. The van der Waals surface area contributed by atoms with Gasteiger partial charge in [0.15, 0.2) is 5.65 Å². The molecule has 0 atom stereocenters. The number of aryl methyl sites for hydroxylation is 3. The molecule has 1 amide bonds. The maximum absolute atomic E-state index is 13.1. The van der Waals surface area contributed by atoms with Crippen molar-refractivity contribution in [2.45, 2.75) is 40.8 Å². The van der Waals surface area contributed by atoms with Gasteiger partial charge in [-0.3, -0.25) is 9.48 Å². The summed E-state index contributed by atoms with van der Waals surface area (Å²) in [6.07, 6.45) is 1.76. The zero-order valence-electron chi connectivity index (χ0n) is 21.0. The van der Waals surface area contributed by atoms with Gasteiger partial charge in [-0.25, -0.2) is 9.67 Å². The number of hydrogen-bond acceptors (Lipinski definition) is 4. The van der Waals surface area contributed by atoms with E-state index in [0.29, 0.717) is 33.6 Å². The van der Waals surface area contributed by atoms with Crippen molar-refractivity contribution in [1.29, 1.82) is 0 Å². The zero-order valence-corrected chi connectivity index (χ0v) is 22.5. The fraction of sp³-hybridized carbons (Fsp3) is 0.214. The predicted molar refractivity (Wildman–Crippen MR) is 148 cm³/mol. The van der Waals surface area contributed by atoms with Crippen LogP contribution in [0, 0.1) is 27.7 Å². The predicted octanol–water partition coefficient (Wildman–Crippen LogP) is 6.52. The Morgan fingerprint density at radius 3 is 2.35 bits per heavy atom. The summed E-state index contributed by atoms with van der Waals surface area (Å²) in [4.78, 5) is 17.7. The van der Waals surface area contributed by atoms with Gasteiger partial charge in [-0.1, -0.05) is 59.1 Å². The number of halogens is 2. The first-order valence-electron chi connectivity index (χ1n) is 11.9. The van der Waals surface area contributed by atoms with Crippen molar-refractivity contribution in [1.82, 2.24) is 24.5 Å². The summed E-state index contributed by atoms with van der Waals surface area (Å²) in [6.45, 7) is 8.19. The van der Waals surface area contributed by atoms with Crippen molar-refractivity contribution < 1.29 is 4.79 Å².